The molecule has 0 bridgehead atoms. The minimum absolute atomic E-state index is 0.0491. The van der Waals surface area contributed by atoms with Crippen LogP contribution < -0.4 is 0 Å². The number of H-pyrrole nitrogens is 1. The van der Waals surface area contributed by atoms with Crippen molar-refractivity contribution < 1.29 is 4.79 Å². The highest BCUT2D eigenvalue weighted by Crippen LogP contribution is 2.33. The SMILES string of the molecule is Cc1ccc(C2CCCN2C(=O)c2cnc3n[nH]c(C)c3c2)cc1. The Balaban J connectivity index is 1.66. The molecule has 1 fully saturated rings. The van der Waals surface area contributed by atoms with E-state index in [9.17, 15) is 4.79 Å². The monoisotopic (exact) mass is 320 g/mol. The summed E-state index contributed by atoms with van der Waals surface area (Å²) in [5.41, 5.74) is 4.66. The summed E-state index contributed by atoms with van der Waals surface area (Å²) in [7, 11) is 0. The Morgan fingerprint density at radius 1 is 1.25 bits per heavy atom. The van der Waals surface area contributed by atoms with E-state index in [4.69, 9.17) is 0 Å². The van der Waals surface area contributed by atoms with Crippen LogP contribution in [0.4, 0.5) is 0 Å². The number of aryl methyl sites for hydroxylation is 2. The highest BCUT2D eigenvalue weighted by atomic mass is 16.2. The number of pyridine rings is 1. The van der Waals surface area contributed by atoms with Crippen molar-refractivity contribution in [3.63, 3.8) is 0 Å². The van der Waals surface area contributed by atoms with Crippen LogP contribution in [0.5, 0.6) is 0 Å². The van der Waals surface area contributed by atoms with Gasteiger partial charge in [0.2, 0.25) is 0 Å². The molecule has 5 nitrogen and oxygen atoms in total. The van der Waals surface area contributed by atoms with Gasteiger partial charge >= 0.3 is 0 Å². The van der Waals surface area contributed by atoms with Crippen molar-refractivity contribution in [3.05, 3.63) is 58.9 Å². The van der Waals surface area contributed by atoms with Gasteiger partial charge in [-0.05, 0) is 38.3 Å². The predicted octanol–water partition coefficient (Wildman–Crippen LogP) is 3.55. The molecule has 3 heterocycles. The van der Waals surface area contributed by atoms with Crippen LogP contribution in [0.25, 0.3) is 11.0 Å². The molecule has 2 aromatic heterocycles. The van der Waals surface area contributed by atoms with Gasteiger partial charge in [0.1, 0.15) is 0 Å². The third-order valence-electron chi connectivity index (χ3n) is 4.82. The number of rotatable bonds is 2. The minimum Gasteiger partial charge on any atom is -0.332 e. The Bertz CT molecular complexity index is 897. The number of carbonyl (C=O) groups excluding carboxylic acids is 1. The highest BCUT2D eigenvalue weighted by Gasteiger charge is 2.30. The van der Waals surface area contributed by atoms with Crippen molar-refractivity contribution in [2.75, 3.05) is 6.54 Å². The van der Waals surface area contributed by atoms with E-state index in [0.29, 0.717) is 11.2 Å². The average Bonchev–Trinajstić information content (AvgIpc) is 3.22. The summed E-state index contributed by atoms with van der Waals surface area (Å²) in [5, 5.41) is 7.95. The zero-order valence-electron chi connectivity index (χ0n) is 13.9. The Labute approximate surface area is 140 Å². The molecule has 1 saturated heterocycles. The molecule has 1 amide bonds. The van der Waals surface area contributed by atoms with Gasteiger partial charge in [-0.2, -0.15) is 5.10 Å². The number of hydrogen-bond donors (Lipinski definition) is 1. The van der Waals surface area contributed by atoms with Crippen molar-refractivity contribution in [2.24, 2.45) is 0 Å². The maximum absolute atomic E-state index is 13.0. The Morgan fingerprint density at radius 3 is 2.83 bits per heavy atom. The number of aromatic amines is 1. The topological polar surface area (TPSA) is 61.9 Å². The molecule has 0 radical (unpaired) electrons. The molecular formula is C19H20N4O. The first-order chi connectivity index (χ1) is 11.6. The van der Waals surface area contributed by atoms with Crippen LogP contribution in [0.15, 0.2) is 36.5 Å². The molecule has 1 atom stereocenters. The summed E-state index contributed by atoms with van der Waals surface area (Å²) in [6.07, 6.45) is 3.68. The first kappa shape index (κ1) is 14.9. The molecular weight excluding hydrogens is 300 g/mol. The Morgan fingerprint density at radius 2 is 2.04 bits per heavy atom. The van der Waals surface area contributed by atoms with Crippen LogP contribution in [0.1, 0.15) is 46.1 Å². The van der Waals surface area contributed by atoms with Gasteiger partial charge in [0, 0.05) is 23.8 Å². The van der Waals surface area contributed by atoms with E-state index in [-0.39, 0.29) is 11.9 Å². The number of amides is 1. The van der Waals surface area contributed by atoms with Crippen LogP contribution in [0.2, 0.25) is 0 Å². The van der Waals surface area contributed by atoms with Gasteiger partial charge in [0.15, 0.2) is 5.65 Å². The van der Waals surface area contributed by atoms with Crippen molar-refractivity contribution in [1.29, 1.82) is 0 Å². The van der Waals surface area contributed by atoms with E-state index >= 15 is 0 Å². The number of aromatic nitrogens is 3. The van der Waals surface area contributed by atoms with Gasteiger partial charge < -0.3 is 4.90 Å². The lowest BCUT2D eigenvalue weighted by molar-refractivity contribution is 0.0735. The largest absolute Gasteiger partial charge is 0.332 e. The van der Waals surface area contributed by atoms with Gasteiger partial charge in [-0.1, -0.05) is 29.8 Å². The van der Waals surface area contributed by atoms with E-state index in [2.05, 4.69) is 46.4 Å². The molecule has 1 unspecified atom stereocenters. The van der Waals surface area contributed by atoms with E-state index < -0.39 is 0 Å². The van der Waals surface area contributed by atoms with Gasteiger partial charge in [0.05, 0.1) is 11.6 Å². The van der Waals surface area contributed by atoms with E-state index in [1.54, 1.807) is 6.20 Å². The maximum atomic E-state index is 13.0. The molecule has 0 aliphatic carbocycles. The van der Waals surface area contributed by atoms with Gasteiger partial charge in [0.25, 0.3) is 5.91 Å². The smallest absolute Gasteiger partial charge is 0.255 e. The number of fused-ring (bicyclic) bond motifs is 1. The van der Waals surface area contributed by atoms with Crippen LogP contribution >= 0.6 is 0 Å². The molecule has 5 heteroatoms. The lowest BCUT2D eigenvalue weighted by Crippen LogP contribution is -2.30. The predicted molar refractivity (Wildman–Crippen MR) is 92.8 cm³/mol. The summed E-state index contributed by atoms with van der Waals surface area (Å²) >= 11 is 0. The summed E-state index contributed by atoms with van der Waals surface area (Å²) in [5.74, 6) is 0.0491. The second-order valence-electron chi connectivity index (χ2n) is 6.51. The van der Waals surface area contributed by atoms with Crippen molar-refractivity contribution in [1.82, 2.24) is 20.1 Å². The molecule has 1 aliphatic heterocycles. The lowest BCUT2D eigenvalue weighted by Gasteiger charge is -2.25. The third kappa shape index (κ3) is 2.46. The van der Waals surface area contributed by atoms with E-state index in [1.165, 1.54) is 11.1 Å². The van der Waals surface area contributed by atoms with Crippen LogP contribution in [-0.2, 0) is 0 Å². The molecule has 1 N–H and O–H groups in total. The summed E-state index contributed by atoms with van der Waals surface area (Å²) in [4.78, 5) is 19.3. The quantitative estimate of drug-likeness (QED) is 0.785. The fraction of sp³-hybridized carbons (Fsp3) is 0.316. The number of carbonyl (C=O) groups is 1. The number of nitrogens with zero attached hydrogens (tertiary/aromatic N) is 3. The van der Waals surface area contributed by atoms with Gasteiger partial charge in [-0.25, -0.2) is 4.98 Å². The van der Waals surface area contributed by atoms with Crippen LogP contribution in [0.3, 0.4) is 0 Å². The molecule has 24 heavy (non-hydrogen) atoms. The first-order valence-corrected chi connectivity index (χ1v) is 8.32. The standard InChI is InChI=1S/C19H20N4O/c1-12-5-7-14(8-6-12)17-4-3-9-23(17)19(24)15-10-16-13(2)21-22-18(16)20-11-15/h5-8,10-11,17H,3-4,9H2,1-2H3,(H,20,21,22). The zero-order valence-corrected chi connectivity index (χ0v) is 13.9. The van der Waals surface area contributed by atoms with Crippen LogP contribution in [0, 0.1) is 13.8 Å². The zero-order chi connectivity index (χ0) is 16.7. The number of nitrogens with one attached hydrogen (secondary N) is 1. The lowest BCUT2D eigenvalue weighted by atomic mass is 10.0. The van der Waals surface area contributed by atoms with E-state index in [1.807, 2.05) is 17.9 Å². The average molecular weight is 320 g/mol. The van der Waals surface area contributed by atoms with Gasteiger partial charge in [-0.3, -0.25) is 9.89 Å². The van der Waals surface area contributed by atoms with Crippen molar-refractivity contribution >= 4 is 16.9 Å². The first-order valence-electron chi connectivity index (χ1n) is 8.32. The van der Waals surface area contributed by atoms with Gasteiger partial charge in [-0.15, -0.1) is 0 Å². The molecule has 0 saturated carbocycles. The highest BCUT2D eigenvalue weighted by molar-refractivity contribution is 5.97. The maximum Gasteiger partial charge on any atom is 0.255 e. The Hall–Kier alpha value is -2.69. The fourth-order valence-corrected chi connectivity index (χ4v) is 3.45. The molecule has 1 aliphatic rings. The summed E-state index contributed by atoms with van der Waals surface area (Å²) in [6.45, 7) is 4.81. The molecule has 1 aromatic carbocycles. The van der Waals surface area contributed by atoms with Crippen LogP contribution in [-0.4, -0.2) is 32.5 Å². The molecule has 122 valence electrons. The number of hydrogen-bond acceptors (Lipinski definition) is 3. The minimum atomic E-state index is 0.0491. The van der Waals surface area contributed by atoms with Crippen molar-refractivity contribution in [3.8, 4) is 0 Å². The number of likely N-dealkylation sites (tertiary alicyclic amines) is 1. The van der Waals surface area contributed by atoms with E-state index in [0.717, 1.165) is 30.5 Å². The second kappa shape index (κ2) is 5.74. The third-order valence-corrected chi connectivity index (χ3v) is 4.82. The Kier molecular flexibility index (Phi) is 3.56. The summed E-state index contributed by atoms with van der Waals surface area (Å²) < 4.78 is 0. The molecule has 4 rings (SSSR count). The second-order valence-corrected chi connectivity index (χ2v) is 6.51. The summed E-state index contributed by atoms with van der Waals surface area (Å²) in [6, 6.07) is 10.5. The molecule has 0 spiro atoms. The normalized spacial score (nSPS) is 17.6. The van der Waals surface area contributed by atoms with Crippen molar-refractivity contribution in [2.45, 2.75) is 32.7 Å². The number of benzene rings is 1. The fourth-order valence-electron chi connectivity index (χ4n) is 3.45. The molecule has 3 aromatic rings.